The molecule has 3 heteroatoms. The lowest BCUT2D eigenvalue weighted by Gasteiger charge is -2.32. The van der Waals surface area contributed by atoms with Crippen molar-refractivity contribution in [2.24, 2.45) is 5.92 Å². The maximum Gasteiger partial charge on any atom is 0.225 e. The van der Waals surface area contributed by atoms with Crippen LogP contribution in [0.25, 0.3) is 0 Å². The first-order chi connectivity index (χ1) is 7.27. The van der Waals surface area contributed by atoms with Gasteiger partial charge in [-0.1, -0.05) is 12.2 Å². The zero-order valence-electron chi connectivity index (χ0n) is 9.21. The Morgan fingerprint density at radius 3 is 2.47 bits per heavy atom. The standard InChI is InChI=1S/C12H19NO2/c1-10-2-4-11(5-3-10)12(14)13-6-8-15-9-7-13/h11H,1-9H2. The van der Waals surface area contributed by atoms with Gasteiger partial charge in [0.25, 0.3) is 0 Å². The van der Waals surface area contributed by atoms with Gasteiger partial charge in [0.15, 0.2) is 0 Å². The average Bonchev–Trinajstić information content (AvgIpc) is 2.30. The first kappa shape index (κ1) is 10.7. The van der Waals surface area contributed by atoms with Crippen molar-refractivity contribution in [3.8, 4) is 0 Å². The number of hydrogen-bond acceptors (Lipinski definition) is 2. The van der Waals surface area contributed by atoms with Crippen molar-refractivity contribution in [3.05, 3.63) is 12.2 Å². The second-order valence-corrected chi connectivity index (χ2v) is 4.46. The SMILES string of the molecule is C=C1CCC(C(=O)N2CCOCC2)CC1. The van der Waals surface area contributed by atoms with Crippen LogP contribution in [0.15, 0.2) is 12.2 Å². The molecule has 2 rings (SSSR count). The summed E-state index contributed by atoms with van der Waals surface area (Å²) in [5, 5.41) is 0. The van der Waals surface area contributed by atoms with Gasteiger partial charge < -0.3 is 9.64 Å². The van der Waals surface area contributed by atoms with E-state index in [1.54, 1.807) is 0 Å². The molecule has 1 aliphatic carbocycles. The van der Waals surface area contributed by atoms with Gasteiger partial charge in [-0.25, -0.2) is 0 Å². The summed E-state index contributed by atoms with van der Waals surface area (Å²) in [7, 11) is 0. The Kier molecular flexibility index (Phi) is 3.41. The molecule has 0 spiro atoms. The fraction of sp³-hybridized carbons (Fsp3) is 0.750. The number of hydrogen-bond donors (Lipinski definition) is 0. The van der Waals surface area contributed by atoms with Crippen molar-refractivity contribution in [2.45, 2.75) is 25.7 Å². The highest BCUT2D eigenvalue weighted by Gasteiger charge is 2.27. The van der Waals surface area contributed by atoms with Crippen LogP contribution in [0.3, 0.4) is 0 Å². The van der Waals surface area contributed by atoms with Gasteiger partial charge in [0.2, 0.25) is 5.91 Å². The lowest BCUT2D eigenvalue weighted by Crippen LogP contribution is -2.44. The van der Waals surface area contributed by atoms with Gasteiger partial charge in [-0.3, -0.25) is 4.79 Å². The molecule has 0 N–H and O–H groups in total. The van der Waals surface area contributed by atoms with Crippen LogP contribution < -0.4 is 0 Å². The lowest BCUT2D eigenvalue weighted by molar-refractivity contribution is -0.140. The maximum atomic E-state index is 12.1. The van der Waals surface area contributed by atoms with Gasteiger partial charge in [0.05, 0.1) is 13.2 Å². The Balaban J connectivity index is 1.86. The van der Waals surface area contributed by atoms with E-state index in [-0.39, 0.29) is 5.92 Å². The van der Waals surface area contributed by atoms with Crippen LogP contribution in [-0.2, 0) is 9.53 Å². The smallest absolute Gasteiger partial charge is 0.225 e. The van der Waals surface area contributed by atoms with E-state index in [9.17, 15) is 4.79 Å². The van der Waals surface area contributed by atoms with Gasteiger partial charge in [0, 0.05) is 19.0 Å². The molecular weight excluding hydrogens is 190 g/mol. The van der Waals surface area contributed by atoms with Crippen LogP contribution in [-0.4, -0.2) is 37.1 Å². The Hall–Kier alpha value is -0.830. The van der Waals surface area contributed by atoms with E-state index in [0.29, 0.717) is 19.1 Å². The van der Waals surface area contributed by atoms with Gasteiger partial charge in [-0.15, -0.1) is 0 Å². The van der Waals surface area contributed by atoms with Gasteiger partial charge in [-0.2, -0.15) is 0 Å². The Morgan fingerprint density at radius 1 is 1.27 bits per heavy atom. The minimum Gasteiger partial charge on any atom is -0.378 e. The van der Waals surface area contributed by atoms with Crippen LogP contribution in [0.2, 0.25) is 0 Å². The molecular formula is C12H19NO2. The largest absolute Gasteiger partial charge is 0.378 e. The summed E-state index contributed by atoms with van der Waals surface area (Å²) >= 11 is 0. The molecule has 84 valence electrons. The molecule has 0 aromatic carbocycles. The van der Waals surface area contributed by atoms with E-state index in [2.05, 4.69) is 6.58 Å². The molecule has 1 heterocycles. The zero-order valence-corrected chi connectivity index (χ0v) is 9.21. The minimum absolute atomic E-state index is 0.244. The second kappa shape index (κ2) is 4.79. The van der Waals surface area contributed by atoms with E-state index in [0.717, 1.165) is 38.8 Å². The third-order valence-corrected chi connectivity index (χ3v) is 3.36. The maximum absolute atomic E-state index is 12.1. The topological polar surface area (TPSA) is 29.5 Å². The highest BCUT2D eigenvalue weighted by Crippen LogP contribution is 2.28. The summed E-state index contributed by atoms with van der Waals surface area (Å²) in [5.74, 6) is 0.583. The van der Waals surface area contributed by atoms with Crippen molar-refractivity contribution < 1.29 is 9.53 Å². The van der Waals surface area contributed by atoms with Crippen molar-refractivity contribution in [2.75, 3.05) is 26.3 Å². The number of ether oxygens (including phenoxy) is 1. The first-order valence-corrected chi connectivity index (χ1v) is 5.80. The molecule has 3 nitrogen and oxygen atoms in total. The Labute approximate surface area is 91.1 Å². The number of carbonyl (C=O) groups is 1. The molecule has 15 heavy (non-hydrogen) atoms. The summed E-state index contributed by atoms with van der Waals surface area (Å²) in [6.07, 6.45) is 4.05. The predicted molar refractivity (Wildman–Crippen MR) is 58.5 cm³/mol. The monoisotopic (exact) mass is 209 g/mol. The molecule has 1 amide bonds. The molecule has 0 unspecified atom stereocenters. The number of nitrogens with zero attached hydrogens (tertiary/aromatic N) is 1. The number of carbonyl (C=O) groups excluding carboxylic acids is 1. The molecule has 1 saturated carbocycles. The third-order valence-electron chi connectivity index (χ3n) is 3.36. The molecule has 2 aliphatic rings. The second-order valence-electron chi connectivity index (χ2n) is 4.46. The van der Waals surface area contributed by atoms with Gasteiger partial charge in [-0.05, 0) is 25.7 Å². The van der Waals surface area contributed by atoms with E-state index in [4.69, 9.17) is 4.74 Å². The van der Waals surface area contributed by atoms with E-state index in [1.165, 1.54) is 5.57 Å². The number of allylic oxidation sites excluding steroid dienone is 1. The molecule has 0 aromatic rings. The molecule has 0 bridgehead atoms. The molecule has 1 aliphatic heterocycles. The first-order valence-electron chi connectivity index (χ1n) is 5.80. The number of morpholine rings is 1. The lowest BCUT2D eigenvalue weighted by atomic mass is 9.85. The zero-order chi connectivity index (χ0) is 10.7. The molecule has 2 fully saturated rings. The number of rotatable bonds is 1. The van der Waals surface area contributed by atoms with Crippen molar-refractivity contribution in [3.63, 3.8) is 0 Å². The third kappa shape index (κ3) is 2.59. The summed E-state index contributed by atoms with van der Waals surface area (Å²) in [4.78, 5) is 14.1. The molecule has 1 saturated heterocycles. The van der Waals surface area contributed by atoms with Crippen LogP contribution in [0.4, 0.5) is 0 Å². The summed E-state index contributed by atoms with van der Waals surface area (Å²) in [6, 6.07) is 0. The Morgan fingerprint density at radius 2 is 1.87 bits per heavy atom. The average molecular weight is 209 g/mol. The normalized spacial score (nSPS) is 24.3. The highest BCUT2D eigenvalue weighted by atomic mass is 16.5. The summed E-state index contributed by atoms with van der Waals surface area (Å²) < 4.78 is 5.25. The van der Waals surface area contributed by atoms with Crippen molar-refractivity contribution in [1.82, 2.24) is 4.90 Å². The molecule has 0 aromatic heterocycles. The van der Waals surface area contributed by atoms with Crippen molar-refractivity contribution >= 4 is 5.91 Å². The van der Waals surface area contributed by atoms with E-state index >= 15 is 0 Å². The minimum atomic E-state index is 0.244. The van der Waals surface area contributed by atoms with Gasteiger partial charge >= 0.3 is 0 Å². The fourth-order valence-corrected chi connectivity index (χ4v) is 2.31. The highest BCUT2D eigenvalue weighted by molar-refractivity contribution is 5.79. The van der Waals surface area contributed by atoms with Crippen LogP contribution in [0.1, 0.15) is 25.7 Å². The Bertz CT molecular complexity index is 246. The van der Waals surface area contributed by atoms with Gasteiger partial charge in [0.1, 0.15) is 0 Å². The quantitative estimate of drug-likeness (QED) is 0.614. The summed E-state index contributed by atoms with van der Waals surface area (Å²) in [5.41, 5.74) is 1.31. The fourth-order valence-electron chi connectivity index (χ4n) is 2.31. The van der Waals surface area contributed by atoms with E-state index < -0.39 is 0 Å². The summed E-state index contributed by atoms with van der Waals surface area (Å²) in [6.45, 7) is 6.92. The molecule has 0 radical (unpaired) electrons. The molecule has 0 atom stereocenters. The predicted octanol–water partition coefficient (Wildman–Crippen LogP) is 1.59. The van der Waals surface area contributed by atoms with E-state index in [1.807, 2.05) is 4.90 Å². The number of amides is 1. The van der Waals surface area contributed by atoms with Crippen LogP contribution >= 0.6 is 0 Å². The van der Waals surface area contributed by atoms with Crippen molar-refractivity contribution in [1.29, 1.82) is 0 Å². The van der Waals surface area contributed by atoms with Crippen LogP contribution in [0, 0.1) is 5.92 Å². The van der Waals surface area contributed by atoms with Crippen LogP contribution in [0.5, 0.6) is 0 Å².